The van der Waals surface area contributed by atoms with Gasteiger partial charge in [-0.2, -0.15) is 0 Å². The third-order valence-corrected chi connectivity index (χ3v) is 6.76. The van der Waals surface area contributed by atoms with Crippen LogP contribution in [0, 0.1) is 12.8 Å². The van der Waals surface area contributed by atoms with Crippen LogP contribution >= 0.6 is 0 Å². The van der Waals surface area contributed by atoms with E-state index in [1.807, 2.05) is 50.2 Å². The number of aliphatic hydroxyl groups excluding tert-OH is 1. The van der Waals surface area contributed by atoms with Crippen molar-refractivity contribution in [1.82, 2.24) is 0 Å². The second-order valence-corrected chi connectivity index (χ2v) is 10.4. The number of aliphatic hydroxyl groups is 1. The van der Waals surface area contributed by atoms with Crippen LogP contribution in [0.15, 0.2) is 72.3 Å². The van der Waals surface area contributed by atoms with Gasteiger partial charge in [-0.25, -0.2) is 4.79 Å². The quantitative estimate of drug-likeness (QED) is 0.174. The van der Waals surface area contributed by atoms with Crippen molar-refractivity contribution in [1.29, 1.82) is 0 Å². The lowest BCUT2D eigenvalue weighted by molar-refractivity contribution is -0.132. The molecule has 1 N–H and O–H groups in total. The fourth-order valence-electron chi connectivity index (χ4n) is 4.62. The van der Waals surface area contributed by atoms with Gasteiger partial charge in [0.25, 0.3) is 11.7 Å². The molecular weight excluding hydrogens is 508 g/mol. The molecule has 3 aromatic rings. The van der Waals surface area contributed by atoms with Crippen molar-refractivity contribution in [2.45, 2.75) is 26.8 Å². The van der Waals surface area contributed by atoms with Crippen LogP contribution in [-0.2, 0) is 14.3 Å². The number of ketones is 1. The Morgan fingerprint density at radius 2 is 1.60 bits per heavy atom. The summed E-state index contributed by atoms with van der Waals surface area (Å²) < 4.78 is 10.6. The summed E-state index contributed by atoms with van der Waals surface area (Å²) in [7, 11) is 5.12. The largest absolute Gasteiger partial charge is 0.507 e. The van der Waals surface area contributed by atoms with Crippen molar-refractivity contribution in [3.8, 4) is 5.75 Å². The number of nitrogens with zero attached hydrogens (tertiary/aromatic N) is 2. The molecule has 1 saturated heterocycles. The molecule has 3 aromatic carbocycles. The van der Waals surface area contributed by atoms with Crippen molar-refractivity contribution in [3.05, 3.63) is 94.6 Å². The van der Waals surface area contributed by atoms with Gasteiger partial charge in [-0.1, -0.05) is 26.0 Å². The number of aryl methyl sites for hydroxylation is 1. The number of rotatable bonds is 8. The summed E-state index contributed by atoms with van der Waals surface area (Å²) in [6.07, 6.45) is 0. The first kappa shape index (κ1) is 28.4. The Hall–Kier alpha value is -4.59. The molecule has 4 rings (SSSR count). The highest BCUT2D eigenvalue weighted by Gasteiger charge is 2.47. The molecule has 1 unspecified atom stereocenters. The van der Waals surface area contributed by atoms with E-state index in [1.54, 1.807) is 30.3 Å². The molecule has 40 heavy (non-hydrogen) atoms. The number of amides is 1. The number of esters is 1. The summed E-state index contributed by atoms with van der Waals surface area (Å²) in [6, 6.07) is 18.0. The van der Waals surface area contributed by atoms with Crippen LogP contribution in [0.25, 0.3) is 5.76 Å². The summed E-state index contributed by atoms with van der Waals surface area (Å²) in [5.41, 5.74) is 3.49. The average molecular weight is 543 g/mol. The molecule has 8 nitrogen and oxygen atoms in total. The van der Waals surface area contributed by atoms with E-state index < -0.39 is 23.7 Å². The van der Waals surface area contributed by atoms with Crippen LogP contribution in [0.2, 0.25) is 0 Å². The van der Waals surface area contributed by atoms with Gasteiger partial charge in [-0.3, -0.25) is 14.5 Å². The van der Waals surface area contributed by atoms with Crippen molar-refractivity contribution in [2.75, 3.05) is 37.6 Å². The van der Waals surface area contributed by atoms with Crippen molar-refractivity contribution in [2.24, 2.45) is 5.92 Å². The Labute approximate surface area is 234 Å². The van der Waals surface area contributed by atoms with Crippen LogP contribution in [-0.4, -0.2) is 50.6 Å². The lowest BCUT2D eigenvalue weighted by Gasteiger charge is -2.26. The van der Waals surface area contributed by atoms with E-state index in [9.17, 15) is 19.5 Å². The third-order valence-electron chi connectivity index (χ3n) is 6.76. The number of ether oxygens (including phenoxy) is 2. The van der Waals surface area contributed by atoms with E-state index in [2.05, 4.69) is 13.8 Å². The van der Waals surface area contributed by atoms with E-state index in [0.29, 0.717) is 40.7 Å². The Bertz CT molecular complexity index is 1460. The summed E-state index contributed by atoms with van der Waals surface area (Å²) in [4.78, 5) is 42.2. The normalized spacial score (nSPS) is 16.4. The Morgan fingerprint density at radius 3 is 2.15 bits per heavy atom. The van der Waals surface area contributed by atoms with E-state index in [0.717, 1.165) is 11.3 Å². The van der Waals surface area contributed by atoms with Gasteiger partial charge < -0.3 is 19.5 Å². The molecule has 1 atom stereocenters. The first-order valence-electron chi connectivity index (χ1n) is 13.0. The summed E-state index contributed by atoms with van der Waals surface area (Å²) >= 11 is 0. The van der Waals surface area contributed by atoms with Crippen LogP contribution in [0.4, 0.5) is 11.4 Å². The van der Waals surface area contributed by atoms with Crippen LogP contribution in [0.3, 0.4) is 0 Å². The average Bonchev–Trinajstić information content (AvgIpc) is 3.21. The van der Waals surface area contributed by atoms with Gasteiger partial charge in [0.05, 0.1) is 30.9 Å². The standard InChI is InChI=1S/C32H34N2O6/c1-19(2)18-40-26-16-11-23(17-20(26)3)29(35)27-28(21-7-12-24(13-8-21)33(4)5)34(31(37)30(27)36)25-14-9-22(10-15-25)32(38)39-6/h7-17,19,28,35H,18H2,1-6H3/b29-27-. The zero-order valence-corrected chi connectivity index (χ0v) is 23.6. The van der Waals surface area contributed by atoms with Crippen LogP contribution < -0.4 is 14.5 Å². The Kier molecular flexibility index (Phi) is 8.28. The highest BCUT2D eigenvalue weighted by Crippen LogP contribution is 2.43. The third kappa shape index (κ3) is 5.57. The molecule has 0 spiro atoms. The van der Waals surface area contributed by atoms with E-state index in [4.69, 9.17) is 9.47 Å². The first-order chi connectivity index (χ1) is 19.0. The maximum absolute atomic E-state index is 13.5. The molecule has 0 bridgehead atoms. The molecule has 0 radical (unpaired) electrons. The monoisotopic (exact) mass is 542 g/mol. The number of carbonyl (C=O) groups excluding carboxylic acids is 3. The maximum Gasteiger partial charge on any atom is 0.337 e. The van der Waals surface area contributed by atoms with Crippen LogP contribution in [0.1, 0.15) is 46.9 Å². The van der Waals surface area contributed by atoms with Gasteiger partial charge >= 0.3 is 5.97 Å². The molecule has 1 fully saturated rings. The van der Waals surface area contributed by atoms with E-state index >= 15 is 0 Å². The number of anilines is 2. The van der Waals surface area contributed by atoms with Gasteiger partial charge in [0.1, 0.15) is 11.5 Å². The first-order valence-corrected chi connectivity index (χ1v) is 13.0. The molecular formula is C32H34N2O6. The smallest absolute Gasteiger partial charge is 0.337 e. The van der Waals surface area contributed by atoms with Gasteiger partial charge in [-0.05, 0) is 78.6 Å². The van der Waals surface area contributed by atoms with Gasteiger partial charge in [0.15, 0.2) is 0 Å². The number of hydrogen-bond donors (Lipinski definition) is 1. The fraction of sp³-hybridized carbons (Fsp3) is 0.281. The lowest BCUT2D eigenvalue weighted by atomic mass is 9.94. The minimum Gasteiger partial charge on any atom is -0.507 e. The molecule has 1 amide bonds. The fourth-order valence-corrected chi connectivity index (χ4v) is 4.62. The predicted molar refractivity (Wildman–Crippen MR) is 155 cm³/mol. The summed E-state index contributed by atoms with van der Waals surface area (Å²) in [5, 5.41) is 11.5. The molecule has 208 valence electrons. The molecule has 1 aliphatic heterocycles. The van der Waals surface area contributed by atoms with Crippen LogP contribution in [0.5, 0.6) is 5.75 Å². The minimum absolute atomic E-state index is 0.0186. The molecule has 0 saturated carbocycles. The minimum atomic E-state index is -0.891. The number of Topliss-reactive ketones (excluding diaryl/α,β-unsaturated/α-hetero) is 1. The number of hydrogen-bond acceptors (Lipinski definition) is 7. The van der Waals surface area contributed by atoms with Gasteiger partial charge in [0.2, 0.25) is 0 Å². The highest BCUT2D eigenvalue weighted by atomic mass is 16.5. The summed E-state index contributed by atoms with van der Waals surface area (Å²) in [6.45, 7) is 6.53. The lowest BCUT2D eigenvalue weighted by Crippen LogP contribution is -2.29. The zero-order valence-electron chi connectivity index (χ0n) is 23.6. The van der Waals surface area contributed by atoms with E-state index in [-0.39, 0.29) is 11.3 Å². The van der Waals surface area contributed by atoms with E-state index in [1.165, 1.54) is 24.1 Å². The molecule has 8 heteroatoms. The van der Waals surface area contributed by atoms with Crippen molar-refractivity contribution < 1.29 is 29.0 Å². The second kappa shape index (κ2) is 11.7. The van der Waals surface area contributed by atoms with Gasteiger partial charge in [-0.15, -0.1) is 0 Å². The topological polar surface area (TPSA) is 96.4 Å². The number of benzene rings is 3. The maximum atomic E-state index is 13.5. The number of methoxy groups -OCH3 is 1. The highest BCUT2D eigenvalue weighted by molar-refractivity contribution is 6.51. The van der Waals surface area contributed by atoms with Gasteiger partial charge in [0, 0.05) is 31.0 Å². The molecule has 0 aliphatic carbocycles. The number of carbonyl (C=O) groups is 3. The predicted octanol–water partition coefficient (Wildman–Crippen LogP) is 5.51. The molecule has 1 heterocycles. The van der Waals surface area contributed by atoms with Crippen molar-refractivity contribution in [3.63, 3.8) is 0 Å². The molecule has 1 aliphatic rings. The Morgan fingerprint density at radius 1 is 0.975 bits per heavy atom. The zero-order chi connectivity index (χ0) is 29.1. The van der Waals surface area contributed by atoms with Crippen molar-refractivity contribution >= 4 is 34.8 Å². The Balaban J connectivity index is 1.84. The molecule has 0 aromatic heterocycles. The second-order valence-electron chi connectivity index (χ2n) is 10.4. The summed E-state index contributed by atoms with van der Waals surface area (Å²) in [5.74, 6) is -1.32. The SMILES string of the molecule is COC(=O)c1ccc(N2C(=O)C(=O)/C(=C(\O)c3ccc(OCC(C)C)c(C)c3)C2c2ccc(N(C)C)cc2)cc1.